The van der Waals surface area contributed by atoms with Gasteiger partial charge >= 0.3 is 0 Å². The molecule has 1 aliphatic rings. The molecule has 2 heteroatoms. The minimum Gasteiger partial charge on any atom is -0.374 e. The maximum atomic E-state index is 5.99. The highest BCUT2D eigenvalue weighted by atomic mass is 16.5. The molecule has 1 aliphatic carbocycles. The Morgan fingerprint density at radius 3 is 1.85 bits per heavy atom. The number of hydrogen-bond acceptors (Lipinski definition) is 2. The predicted molar refractivity (Wildman–Crippen MR) is 109 cm³/mol. The molecule has 0 heterocycles. The van der Waals surface area contributed by atoms with Crippen LogP contribution in [0.25, 0.3) is 0 Å². The zero-order valence-corrected chi connectivity index (χ0v) is 15.9. The number of rotatable bonds is 8. The number of hydrogen-bond donors (Lipinski definition) is 0. The SMILES string of the molecule is C=C(C)COC1CCC(N(Cc2ccccc2)Cc2ccccc2)CC1. The van der Waals surface area contributed by atoms with Crippen LogP contribution < -0.4 is 0 Å². The van der Waals surface area contributed by atoms with E-state index in [-0.39, 0.29) is 0 Å². The predicted octanol–water partition coefficient (Wildman–Crippen LogP) is 5.59. The van der Waals surface area contributed by atoms with E-state index < -0.39 is 0 Å². The summed E-state index contributed by atoms with van der Waals surface area (Å²) in [6.45, 7) is 8.70. The van der Waals surface area contributed by atoms with Crippen molar-refractivity contribution in [3.63, 3.8) is 0 Å². The molecule has 0 bridgehead atoms. The lowest BCUT2D eigenvalue weighted by Crippen LogP contribution is -2.38. The molecule has 0 unspecified atom stereocenters. The molecule has 1 fully saturated rings. The second-order valence-corrected chi connectivity index (χ2v) is 7.57. The van der Waals surface area contributed by atoms with Gasteiger partial charge in [0.25, 0.3) is 0 Å². The van der Waals surface area contributed by atoms with Gasteiger partial charge in [0.1, 0.15) is 0 Å². The normalized spacial score (nSPS) is 20.2. The Hall–Kier alpha value is -1.90. The summed E-state index contributed by atoms with van der Waals surface area (Å²) >= 11 is 0. The fourth-order valence-electron chi connectivity index (χ4n) is 3.79. The highest BCUT2D eigenvalue weighted by Crippen LogP contribution is 2.28. The third-order valence-corrected chi connectivity index (χ3v) is 5.18. The molecular formula is C24H31NO. The van der Waals surface area contributed by atoms with Crippen LogP contribution in [-0.2, 0) is 17.8 Å². The van der Waals surface area contributed by atoms with Crippen LogP contribution in [0.5, 0.6) is 0 Å². The molecule has 0 saturated heterocycles. The summed E-state index contributed by atoms with van der Waals surface area (Å²) in [6.07, 6.45) is 5.12. The zero-order valence-electron chi connectivity index (χ0n) is 15.9. The van der Waals surface area contributed by atoms with Gasteiger partial charge in [0.05, 0.1) is 12.7 Å². The number of benzene rings is 2. The van der Waals surface area contributed by atoms with Crippen molar-refractivity contribution in [2.24, 2.45) is 0 Å². The molecule has 138 valence electrons. The minimum absolute atomic E-state index is 0.401. The molecule has 2 nitrogen and oxygen atoms in total. The van der Waals surface area contributed by atoms with Crippen molar-refractivity contribution in [2.75, 3.05) is 6.61 Å². The average molecular weight is 350 g/mol. The smallest absolute Gasteiger partial charge is 0.0675 e. The fraction of sp³-hybridized carbons (Fsp3) is 0.417. The molecule has 0 radical (unpaired) electrons. The number of ether oxygens (including phenoxy) is 1. The van der Waals surface area contributed by atoms with E-state index in [9.17, 15) is 0 Å². The van der Waals surface area contributed by atoms with Gasteiger partial charge in [-0.3, -0.25) is 4.90 Å². The second kappa shape index (κ2) is 9.70. The second-order valence-electron chi connectivity index (χ2n) is 7.57. The summed E-state index contributed by atoms with van der Waals surface area (Å²) in [7, 11) is 0. The first-order valence-electron chi connectivity index (χ1n) is 9.78. The topological polar surface area (TPSA) is 12.5 Å². The molecule has 2 aromatic carbocycles. The third-order valence-electron chi connectivity index (χ3n) is 5.18. The summed E-state index contributed by atoms with van der Waals surface area (Å²) < 4.78 is 5.99. The van der Waals surface area contributed by atoms with Gasteiger partial charge in [-0.25, -0.2) is 0 Å². The summed E-state index contributed by atoms with van der Waals surface area (Å²) in [4.78, 5) is 2.65. The zero-order chi connectivity index (χ0) is 18.2. The molecule has 1 saturated carbocycles. The Labute approximate surface area is 158 Å². The minimum atomic E-state index is 0.401. The van der Waals surface area contributed by atoms with Crippen molar-refractivity contribution < 1.29 is 4.74 Å². The van der Waals surface area contributed by atoms with Crippen molar-refractivity contribution in [1.29, 1.82) is 0 Å². The van der Waals surface area contributed by atoms with E-state index >= 15 is 0 Å². The molecule has 0 aromatic heterocycles. The van der Waals surface area contributed by atoms with Crippen LogP contribution in [0.3, 0.4) is 0 Å². The summed E-state index contributed by atoms with van der Waals surface area (Å²) in [5, 5.41) is 0. The third kappa shape index (κ3) is 5.82. The van der Waals surface area contributed by atoms with Gasteiger partial charge in [-0.05, 0) is 43.7 Å². The fourth-order valence-corrected chi connectivity index (χ4v) is 3.79. The van der Waals surface area contributed by atoms with E-state index in [4.69, 9.17) is 4.74 Å². The van der Waals surface area contributed by atoms with E-state index in [2.05, 4.69) is 72.1 Å². The van der Waals surface area contributed by atoms with Gasteiger partial charge in [0.2, 0.25) is 0 Å². The molecule has 3 rings (SSSR count). The molecule has 26 heavy (non-hydrogen) atoms. The Balaban J connectivity index is 1.63. The highest BCUT2D eigenvalue weighted by molar-refractivity contribution is 5.17. The quantitative estimate of drug-likeness (QED) is 0.576. The molecule has 0 atom stereocenters. The largest absolute Gasteiger partial charge is 0.374 e. The van der Waals surface area contributed by atoms with Gasteiger partial charge in [-0.15, -0.1) is 0 Å². The van der Waals surface area contributed by atoms with E-state index in [1.807, 2.05) is 6.92 Å². The lowest BCUT2D eigenvalue weighted by molar-refractivity contribution is 0.0149. The van der Waals surface area contributed by atoms with Gasteiger partial charge in [-0.1, -0.05) is 72.8 Å². The van der Waals surface area contributed by atoms with Crippen molar-refractivity contribution in [3.8, 4) is 0 Å². The van der Waals surface area contributed by atoms with E-state index in [1.54, 1.807) is 0 Å². The Morgan fingerprint density at radius 1 is 0.885 bits per heavy atom. The van der Waals surface area contributed by atoms with Gasteiger partial charge in [0.15, 0.2) is 0 Å². The molecule has 0 amide bonds. The van der Waals surface area contributed by atoms with Crippen LogP contribution in [0.1, 0.15) is 43.7 Å². The van der Waals surface area contributed by atoms with E-state index in [1.165, 1.54) is 24.0 Å². The molecule has 0 spiro atoms. The standard InChI is InChI=1S/C24H31NO/c1-20(2)19-26-24-15-13-23(14-16-24)25(17-21-9-5-3-6-10-21)18-22-11-7-4-8-12-22/h3-12,23-24H,1,13-19H2,2H3. The Kier molecular flexibility index (Phi) is 7.04. The van der Waals surface area contributed by atoms with Crippen molar-refractivity contribution in [3.05, 3.63) is 83.9 Å². The monoisotopic (exact) mass is 349 g/mol. The maximum Gasteiger partial charge on any atom is 0.0675 e. The highest BCUT2D eigenvalue weighted by Gasteiger charge is 2.26. The van der Waals surface area contributed by atoms with Crippen LogP contribution in [0.2, 0.25) is 0 Å². The lowest BCUT2D eigenvalue weighted by atomic mass is 9.91. The van der Waals surface area contributed by atoms with Crippen molar-refractivity contribution in [1.82, 2.24) is 4.90 Å². The lowest BCUT2D eigenvalue weighted by Gasteiger charge is -2.37. The van der Waals surface area contributed by atoms with Crippen LogP contribution >= 0.6 is 0 Å². The maximum absolute atomic E-state index is 5.99. The van der Waals surface area contributed by atoms with Crippen LogP contribution in [0.15, 0.2) is 72.8 Å². The number of nitrogens with zero attached hydrogens (tertiary/aromatic N) is 1. The van der Waals surface area contributed by atoms with E-state index in [0.717, 1.165) is 31.5 Å². The van der Waals surface area contributed by atoms with Gasteiger partial charge in [0, 0.05) is 19.1 Å². The van der Waals surface area contributed by atoms with Crippen LogP contribution in [0.4, 0.5) is 0 Å². The molecule has 2 aromatic rings. The summed E-state index contributed by atoms with van der Waals surface area (Å²) in [5.41, 5.74) is 3.90. The Bertz CT molecular complexity index is 618. The van der Waals surface area contributed by atoms with Gasteiger partial charge in [-0.2, -0.15) is 0 Å². The summed E-state index contributed by atoms with van der Waals surface area (Å²) in [5.74, 6) is 0. The first-order chi connectivity index (χ1) is 12.7. The first kappa shape index (κ1) is 18.9. The molecule has 0 aliphatic heterocycles. The van der Waals surface area contributed by atoms with Crippen LogP contribution in [0, 0.1) is 0 Å². The average Bonchev–Trinajstić information content (AvgIpc) is 2.68. The van der Waals surface area contributed by atoms with E-state index in [0.29, 0.717) is 18.8 Å². The van der Waals surface area contributed by atoms with Crippen LogP contribution in [-0.4, -0.2) is 23.7 Å². The van der Waals surface area contributed by atoms with Gasteiger partial charge < -0.3 is 4.74 Å². The first-order valence-corrected chi connectivity index (χ1v) is 9.78. The summed E-state index contributed by atoms with van der Waals surface area (Å²) in [6, 6.07) is 22.3. The van der Waals surface area contributed by atoms with Crippen molar-refractivity contribution in [2.45, 2.75) is 57.8 Å². The molecule has 0 N–H and O–H groups in total. The molecular weight excluding hydrogens is 318 g/mol. The van der Waals surface area contributed by atoms with Crippen molar-refractivity contribution >= 4 is 0 Å². The Morgan fingerprint density at radius 2 is 1.38 bits per heavy atom.